The van der Waals surface area contributed by atoms with E-state index < -0.39 is 0 Å². The Morgan fingerprint density at radius 2 is 2.31 bits per heavy atom. The first kappa shape index (κ1) is 8.75. The quantitative estimate of drug-likeness (QED) is 0.638. The standard InChI is InChI=1S/C10H13NOS/c1-11-10-4-3-9(12-2)7-8(10)5-6-13-11/h3-4,7H,5-6H2,1-2H3. The maximum atomic E-state index is 5.19. The number of hydrogen-bond donors (Lipinski definition) is 0. The van der Waals surface area contributed by atoms with Gasteiger partial charge in [-0.15, -0.1) is 0 Å². The molecule has 0 radical (unpaired) electrons. The second-order valence-corrected chi connectivity index (χ2v) is 4.29. The third-order valence-corrected chi connectivity index (χ3v) is 3.25. The van der Waals surface area contributed by atoms with Crippen LogP contribution in [0.3, 0.4) is 0 Å². The average molecular weight is 195 g/mol. The van der Waals surface area contributed by atoms with Crippen LogP contribution in [0.15, 0.2) is 18.2 Å². The Kier molecular flexibility index (Phi) is 2.36. The number of aryl methyl sites for hydroxylation is 1. The molecule has 0 aliphatic carbocycles. The molecular formula is C10H13NOS. The first-order valence-electron chi connectivity index (χ1n) is 4.35. The fourth-order valence-corrected chi connectivity index (χ4v) is 2.46. The molecule has 0 atom stereocenters. The van der Waals surface area contributed by atoms with Crippen molar-refractivity contribution in [3.05, 3.63) is 23.8 Å². The molecule has 0 unspecified atom stereocenters. The van der Waals surface area contributed by atoms with E-state index in [1.54, 1.807) is 7.11 Å². The Bertz CT molecular complexity index is 314. The lowest BCUT2D eigenvalue weighted by molar-refractivity contribution is 0.414. The molecule has 0 spiro atoms. The van der Waals surface area contributed by atoms with Crippen molar-refractivity contribution in [3.63, 3.8) is 0 Å². The van der Waals surface area contributed by atoms with Gasteiger partial charge in [-0.1, -0.05) is 0 Å². The third kappa shape index (κ3) is 1.61. The van der Waals surface area contributed by atoms with Crippen LogP contribution in [0.25, 0.3) is 0 Å². The Balaban J connectivity index is 2.39. The number of anilines is 1. The van der Waals surface area contributed by atoms with Gasteiger partial charge in [0.1, 0.15) is 5.75 Å². The number of fused-ring (bicyclic) bond motifs is 1. The van der Waals surface area contributed by atoms with Crippen molar-refractivity contribution in [2.45, 2.75) is 6.42 Å². The zero-order valence-electron chi connectivity index (χ0n) is 7.91. The van der Waals surface area contributed by atoms with Crippen molar-refractivity contribution < 1.29 is 4.74 Å². The lowest BCUT2D eigenvalue weighted by Crippen LogP contribution is -2.15. The highest BCUT2D eigenvalue weighted by atomic mass is 32.2. The molecule has 0 fully saturated rings. The van der Waals surface area contributed by atoms with Crippen molar-refractivity contribution >= 4 is 17.6 Å². The second-order valence-electron chi connectivity index (χ2n) is 3.08. The lowest BCUT2D eigenvalue weighted by atomic mass is 10.1. The topological polar surface area (TPSA) is 12.5 Å². The van der Waals surface area contributed by atoms with Crippen LogP contribution in [0.4, 0.5) is 5.69 Å². The maximum absolute atomic E-state index is 5.19. The fourth-order valence-electron chi connectivity index (χ4n) is 1.56. The van der Waals surface area contributed by atoms with E-state index in [1.165, 1.54) is 11.3 Å². The van der Waals surface area contributed by atoms with E-state index in [-0.39, 0.29) is 0 Å². The molecule has 2 rings (SSSR count). The van der Waals surface area contributed by atoms with Crippen molar-refractivity contribution in [2.75, 3.05) is 24.2 Å². The normalized spacial score (nSPS) is 15.4. The predicted molar refractivity (Wildman–Crippen MR) is 57.6 cm³/mol. The van der Waals surface area contributed by atoms with Crippen LogP contribution in [0.2, 0.25) is 0 Å². The number of nitrogens with zero attached hydrogens (tertiary/aromatic N) is 1. The van der Waals surface area contributed by atoms with Crippen molar-refractivity contribution in [2.24, 2.45) is 0 Å². The summed E-state index contributed by atoms with van der Waals surface area (Å²) in [5.74, 6) is 2.12. The second kappa shape index (κ2) is 3.50. The molecule has 1 aromatic rings. The summed E-state index contributed by atoms with van der Waals surface area (Å²) in [5, 5.41) is 0. The van der Waals surface area contributed by atoms with Gasteiger partial charge in [0.25, 0.3) is 0 Å². The zero-order chi connectivity index (χ0) is 9.26. The number of hydrogen-bond acceptors (Lipinski definition) is 3. The van der Waals surface area contributed by atoms with E-state index in [9.17, 15) is 0 Å². The third-order valence-electron chi connectivity index (χ3n) is 2.28. The van der Waals surface area contributed by atoms with E-state index in [2.05, 4.69) is 23.5 Å². The number of methoxy groups -OCH3 is 1. The van der Waals surface area contributed by atoms with Gasteiger partial charge in [0.2, 0.25) is 0 Å². The molecule has 0 bridgehead atoms. The van der Waals surface area contributed by atoms with E-state index in [0.717, 1.165) is 17.9 Å². The van der Waals surface area contributed by atoms with Gasteiger partial charge in [-0.3, -0.25) is 0 Å². The number of ether oxygens (including phenoxy) is 1. The highest BCUT2D eigenvalue weighted by Gasteiger charge is 2.14. The molecule has 0 N–H and O–H groups in total. The van der Waals surface area contributed by atoms with Gasteiger partial charge in [0, 0.05) is 12.8 Å². The van der Waals surface area contributed by atoms with Crippen LogP contribution < -0.4 is 9.04 Å². The summed E-state index contributed by atoms with van der Waals surface area (Å²) in [6.07, 6.45) is 1.14. The van der Waals surface area contributed by atoms with Crippen LogP contribution in [-0.4, -0.2) is 19.9 Å². The Labute approximate surface area is 83.0 Å². The molecule has 70 valence electrons. The Morgan fingerprint density at radius 1 is 1.46 bits per heavy atom. The van der Waals surface area contributed by atoms with Gasteiger partial charge in [-0.2, -0.15) is 0 Å². The molecule has 2 nitrogen and oxygen atoms in total. The van der Waals surface area contributed by atoms with Crippen molar-refractivity contribution in [1.29, 1.82) is 0 Å². The SMILES string of the molecule is COc1ccc2c(c1)CCSN2C. The molecule has 13 heavy (non-hydrogen) atoms. The zero-order valence-corrected chi connectivity index (χ0v) is 8.73. The first-order valence-corrected chi connectivity index (χ1v) is 5.29. The van der Waals surface area contributed by atoms with E-state index >= 15 is 0 Å². The minimum Gasteiger partial charge on any atom is -0.497 e. The predicted octanol–water partition coefficient (Wildman–Crippen LogP) is 2.34. The van der Waals surface area contributed by atoms with Gasteiger partial charge in [0.15, 0.2) is 0 Å². The van der Waals surface area contributed by atoms with Crippen LogP contribution in [-0.2, 0) is 6.42 Å². The highest BCUT2D eigenvalue weighted by Crippen LogP contribution is 2.33. The van der Waals surface area contributed by atoms with Crippen molar-refractivity contribution in [3.8, 4) is 5.75 Å². The smallest absolute Gasteiger partial charge is 0.119 e. The van der Waals surface area contributed by atoms with E-state index in [0.29, 0.717) is 0 Å². The average Bonchev–Trinajstić information content (AvgIpc) is 2.18. The largest absolute Gasteiger partial charge is 0.497 e. The summed E-state index contributed by atoms with van der Waals surface area (Å²) >= 11 is 1.87. The number of rotatable bonds is 1. The Hall–Kier alpha value is -0.830. The molecule has 0 aromatic heterocycles. The van der Waals surface area contributed by atoms with Crippen LogP contribution in [0.5, 0.6) is 5.75 Å². The summed E-state index contributed by atoms with van der Waals surface area (Å²) in [5.41, 5.74) is 2.71. The van der Waals surface area contributed by atoms with E-state index in [1.807, 2.05) is 18.0 Å². The molecular weight excluding hydrogens is 182 g/mol. The Morgan fingerprint density at radius 3 is 3.08 bits per heavy atom. The first-order chi connectivity index (χ1) is 6.31. The van der Waals surface area contributed by atoms with Gasteiger partial charge in [-0.05, 0) is 42.1 Å². The summed E-state index contributed by atoms with van der Waals surface area (Å²) < 4.78 is 7.41. The summed E-state index contributed by atoms with van der Waals surface area (Å²) in [6.45, 7) is 0. The van der Waals surface area contributed by atoms with Crippen LogP contribution in [0, 0.1) is 0 Å². The van der Waals surface area contributed by atoms with Gasteiger partial charge in [-0.25, -0.2) is 0 Å². The molecule has 1 aromatic carbocycles. The summed E-state index contributed by atoms with van der Waals surface area (Å²) in [7, 11) is 3.82. The fraction of sp³-hybridized carbons (Fsp3) is 0.400. The van der Waals surface area contributed by atoms with Crippen LogP contribution in [0.1, 0.15) is 5.56 Å². The minimum absolute atomic E-state index is 0.957. The molecule has 0 saturated heterocycles. The van der Waals surface area contributed by atoms with Crippen molar-refractivity contribution in [1.82, 2.24) is 0 Å². The van der Waals surface area contributed by atoms with Crippen LogP contribution >= 0.6 is 11.9 Å². The van der Waals surface area contributed by atoms with Gasteiger partial charge < -0.3 is 9.04 Å². The highest BCUT2D eigenvalue weighted by molar-refractivity contribution is 8.00. The lowest BCUT2D eigenvalue weighted by Gasteiger charge is -2.26. The van der Waals surface area contributed by atoms with Gasteiger partial charge >= 0.3 is 0 Å². The monoisotopic (exact) mass is 195 g/mol. The molecule has 1 aliphatic heterocycles. The summed E-state index contributed by atoms with van der Waals surface area (Å²) in [4.78, 5) is 0. The van der Waals surface area contributed by atoms with Gasteiger partial charge in [0.05, 0.1) is 12.8 Å². The molecule has 1 heterocycles. The molecule has 1 aliphatic rings. The minimum atomic E-state index is 0.957. The maximum Gasteiger partial charge on any atom is 0.119 e. The number of benzene rings is 1. The molecule has 0 amide bonds. The molecule has 3 heteroatoms. The summed E-state index contributed by atoms with van der Waals surface area (Å²) in [6, 6.07) is 6.27. The molecule has 0 saturated carbocycles. The van der Waals surface area contributed by atoms with E-state index in [4.69, 9.17) is 4.74 Å².